The molecule has 0 atom stereocenters. The summed E-state index contributed by atoms with van der Waals surface area (Å²) in [5.41, 5.74) is 0. The number of anilines is 2. The maximum atomic E-state index is 5.71. The zero-order chi connectivity index (χ0) is 15.2. The lowest BCUT2D eigenvalue weighted by molar-refractivity contribution is 0.440. The highest BCUT2D eigenvalue weighted by molar-refractivity contribution is 14.1. The molecule has 2 rings (SSSR count). The van der Waals surface area contributed by atoms with E-state index in [0.717, 1.165) is 16.5 Å². The minimum absolute atomic E-state index is 0.286. The Bertz CT molecular complexity index is 588. The average molecular weight is 399 g/mol. The summed E-state index contributed by atoms with van der Waals surface area (Å²) in [5, 5.41) is 3.15. The smallest absolute Gasteiger partial charge is 0.328 e. The number of hydrogen-bond donors (Lipinski definition) is 1. The highest BCUT2D eigenvalue weighted by Crippen LogP contribution is 2.21. The zero-order valence-corrected chi connectivity index (χ0v) is 14.5. The van der Waals surface area contributed by atoms with Crippen LogP contribution in [0.2, 0.25) is 0 Å². The molecule has 0 aliphatic rings. The first-order valence-electron chi connectivity index (χ1n) is 6.69. The van der Waals surface area contributed by atoms with Gasteiger partial charge >= 0.3 is 6.01 Å². The van der Waals surface area contributed by atoms with E-state index in [1.807, 2.05) is 43.3 Å². The van der Waals surface area contributed by atoms with Crippen molar-refractivity contribution in [1.82, 2.24) is 15.0 Å². The van der Waals surface area contributed by atoms with Gasteiger partial charge in [0, 0.05) is 24.2 Å². The first-order chi connectivity index (χ1) is 10.1. The van der Waals surface area contributed by atoms with Gasteiger partial charge in [0.05, 0.1) is 0 Å². The molecule has 112 valence electrons. The lowest BCUT2D eigenvalue weighted by Gasteiger charge is -2.13. The quantitative estimate of drug-likeness (QED) is 0.754. The van der Waals surface area contributed by atoms with Gasteiger partial charge in [-0.2, -0.15) is 15.0 Å². The Labute approximate surface area is 138 Å². The number of rotatable bonds is 6. The molecule has 0 amide bonds. The van der Waals surface area contributed by atoms with Crippen LogP contribution in [0.1, 0.15) is 13.3 Å². The van der Waals surface area contributed by atoms with Crippen LogP contribution in [0.25, 0.3) is 0 Å². The van der Waals surface area contributed by atoms with Crippen LogP contribution in [0.5, 0.6) is 11.8 Å². The SMILES string of the molecule is CCCNc1nc(Oc2ccc(I)cc2)nc(N(C)C)n1. The van der Waals surface area contributed by atoms with E-state index < -0.39 is 0 Å². The van der Waals surface area contributed by atoms with Crippen molar-refractivity contribution < 1.29 is 4.74 Å². The van der Waals surface area contributed by atoms with Gasteiger partial charge < -0.3 is 15.0 Å². The Morgan fingerprint density at radius 1 is 1.14 bits per heavy atom. The molecule has 0 bridgehead atoms. The largest absolute Gasteiger partial charge is 0.424 e. The van der Waals surface area contributed by atoms with Gasteiger partial charge in [-0.15, -0.1) is 0 Å². The fraction of sp³-hybridized carbons (Fsp3) is 0.357. The van der Waals surface area contributed by atoms with Gasteiger partial charge in [0.1, 0.15) is 5.75 Å². The van der Waals surface area contributed by atoms with E-state index in [9.17, 15) is 0 Å². The number of nitrogens with zero attached hydrogens (tertiary/aromatic N) is 4. The molecule has 0 radical (unpaired) electrons. The molecular weight excluding hydrogens is 381 g/mol. The van der Waals surface area contributed by atoms with Crippen LogP contribution in [0, 0.1) is 3.57 Å². The molecule has 1 N–H and O–H groups in total. The van der Waals surface area contributed by atoms with E-state index in [1.165, 1.54) is 0 Å². The number of ether oxygens (including phenoxy) is 1. The van der Waals surface area contributed by atoms with Gasteiger partial charge in [0.2, 0.25) is 11.9 Å². The molecule has 1 heterocycles. The first kappa shape index (κ1) is 15.7. The predicted octanol–water partition coefficient (Wildman–Crippen LogP) is 3.16. The van der Waals surface area contributed by atoms with E-state index in [4.69, 9.17) is 4.74 Å². The molecule has 0 aliphatic carbocycles. The fourth-order valence-corrected chi connectivity index (χ4v) is 1.87. The van der Waals surface area contributed by atoms with E-state index in [0.29, 0.717) is 17.6 Å². The standard InChI is InChI=1S/C14H18IN5O/c1-4-9-16-12-17-13(20(2)3)19-14(18-12)21-11-7-5-10(15)6-8-11/h5-8H,4,9H2,1-3H3,(H,16,17,18,19). The molecule has 0 aliphatic heterocycles. The van der Waals surface area contributed by atoms with Gasteiger partial charge in [0.25, 0.3) is 0 Å². The fourth-order valence-electron chi connectivity index (χ4n) is 1.52. The molecular formula is C14H18IN5O. The third-order valence-corrected chi connectivity index (χ3v) is 3.28. The second-order valence-corrected chi connectivity index (χ2v) is 5.86. The minimum Gasteiger partial charge on any atom is -0.424 e. The second-order valence-electron chi connectivity index (χ2n) is 4.62. The third-order valence-electron chi connectivity index (χ3n) is 2.56. The number of hydrogen-bond acceptors (Lipinski definition) is 6. The molecule has 21 heavy (non-hydrogen) atoms. The summed E-state index contributed by atoms with van der Waals surface area (Å²) in [5.74, 6) is 1.79. The van der Waals surface area contributed by atoms with Crippen molar-refractivity contribution in [2.24, 2.45) is 0 Å². The first-order valence-corrected chi connectivity index (χ1v) is 7.77. The van der Waals surface area contributed by atoms with Crippen LogP contribution in [0.4, 0.5) is 11.9 Å². The Kier molecular flexibility index (Phi) is 5.54. The predicted molar refractivity (Wildman–Crippen MR) is 92.2 cm³/mol. The molecule has 0 unspecified atom stereocenters. The Balaban J connectivity index is 2.24. The van der Waals surface area contributed by atoms with Crippen LogP contribution < -0.4 is 15.0 Å². The van der Waals surface area contributed by atoms with Crippen LogP contribution in [0.3, 0.4) is 0 Å². The van der Waals surface area contributed by atoms with Crippen molar-refractivity contribution in [2.75, 3.05) is 30.9 Å². The summed E-state index contributed by atoms with van der Waals surface area (Å²) >= 11 is 2.25. The normalized spacial score (nSPS) is 10.3. The lowest BCUT2D eigenvalue weighted by atomic mass is 10.3. The summed E-state index contributed by atoms with van der Waals surface area (Å²) in [6.07, 6.45) is 0.996. The number of benzene rings is 1. The van der Waals surface area contributed by atoms with Gasteiger partial charge in [-0.25, -0.2) is 0 Å². The summed E-state index contributed by atoms with van der Waals surface area (Å²) < 4.78 is 6.86. The Morgan fingerprint density at radius 2 is 1.86 bits per heavy atom. The summed E-state index contributed by atoms with van der Waals surface area (Å²) in [6, 6.07) is 8.01. The van der Waals surface area contributed by atoms with Gasteiger partial charge in [-0.1, -0.05) is 6.92 Å². The van der Waals surface area contributed by atoms with Gasteiger partial charge in [-0.05, 0) is 53.3 Å². The maximum Gasteiger partial charge on any atom is 0.328 e. The summed E-state index contributed by atoms with van der Waals surface area (Å²) in [7, 11) is 3.77. The molecule has 0 saturated heterocycles. The monoisotopic (exact) mass is 399 g/mol. The van der Waals surface area contributed by atoms with Crippen molar-refractivity contribution in [3.63, 3.8) is 0 Å². The highest BCUT2D eigenvalue weighted by atomic mass is 127. The molecule has 2 aromatic rings. The molecule has 0 saturated carbocycles. The molecule has 1 aromatic carbocycles. The average Bonchev–Trinajstić information content (AvgIpc) is 2.47. The molecule has 1 aromatic heterocycles. The molecule has 6 nitrogen and oxygen atoms in total. The molecule has 7 heteroatoms. The number of nitrogens with one attached hydrogen (secondary N) is 1. The minimum atomic E-state index is 0.286. The summed E-state index contributed by atoms with van der Waals surface area (Å²) in [4.78, 5) is 14.7. The Morgan fingerprint density at radius 3 is 2.48 bits per heavy atom. The zero-order valence-electron chi connectivity index (χ0n) is 12.3. The Hall–Kier alpha value is -1.64. The van der Waals surface area contributed by atoms with E-state index >= 15 is 0 Å². The number of aromatic nitrogens is 3. The van der Waals surface area contributed by atoms with Crippen molar-refractivity contribution in [3.05, 3.63) is 27.8 Å². The lowest BCUT2D eigenvalue weighted by Crippen LogP contribution is -2.16. The van der Waals surface area contributed by atoms with Crippen molar-refractivity contribution >= 4 is 34.5 Å². The van der Waals surface area contributed by atoms with Crippen molar-refractivity contribution in [3.8, 4) is 11.8 Å². The number of halogens is 1. The van der Waals surface area contributed by atoms with Crippen molar-refractivity contribution in [2.45, 2.75) is 13.3 Å². The van der Waals surface area contributed by atoms with E-state index in [-0.39, 0.29) is 6.01 Å². The highest BCUT2D eigenvalue weighted by Gasteiger charge is 2.09. The van der Waals surface area contributed by atoms with Gasteiger partial charge in [0.15, 0.2) is 0 Å². The third kappa shape index (κ3) is 4.69. The van der Waals surface area contributed by atoms with Crippen LogP contribution in [0.15, 0.2) is 24.3 Å². The second kappa shape index (κ2) is 7.39. The van der Waals surface area contributed by atoms with E-state index in [1.54, 1.807) is 0 Å². The molecule has 0 fully saturated rings. The molecule has 0 spiro atoms. The van der Waals surface area contributed by atoms with Gasteiger partial charge in [-0.3, -0.25) is 0 Å². The van der Waals surface area contributed by atoms with Crippen molar-refractivity contribution in [1.29, 1.82) is 0 Å². The topological polar surface area (TPSA) is 63.2 Å². The van der Waals surface area contributed by atoms with Crippen LogP contribution >= 0.6 is 22.6 Å². The van der Waals surface area contributed by atoms with E-state index in [2.05, 4.69) is 49.8 Å². The summed E-state index contributed by atoms with van der Waals surface area (Å²) in [6.45, 7) is 2.89. The maximum absolute atomic E-state index is 5.71. The van der Waals surface area contributed by atoms with Crippen LogP contribution in [-0.2, 0) is 0 Å². The van der Waals surface area contributed by atoms with Crippen LogP contribution in [-0.4, -0.2) is 35.6 Å².